The highest BCUT2D eigenvalue weighted by Gasteiger charge is 2.16. The number of nitrogens with two attached hydrogens (primary N) is 1. The SMILES string of the molecule is COc1cc(C(=O)c2ccc3c(c2)CCC3)ccc1N. The van der Waals surface area contributed by atoms with E-state index in [2.05, 4.69) is 6.07 Å². The number of methoxy groups -OCH3 is 1. The quantitative estimate of drug-likeness (QED) is 0.687. The van der Waals surface area contributed by atoms with Crippen molar-refractivity contribution < 1.29 is 9.53 Å². The molecule has 2 N–H and O–H groups in total. The number of ether oxygens (including phenoxy) is 1. The van der Waals surface area contributed by atoms with Gasteiger partial charge < -0.3 is 10.5 Å². The predicted molar refractivity (Wildman–Crippen MR) is 79.3 cm³/mol. The zero-order valence-corrected chi connectivity index (χ0v) is 11.5. The van der Waals surface area contributed by atoms with Gasteiger partial charge in [-0.1, -0.05) is 12.1 Å². The minimum absolute atomic E-state index is 0.0120. The van der Waals surface area contributed by atoms with E-state index in [1.165, 1.54) is 17.5 Å². The van der Waals surface area contributed by atoms with E-state index >= 15 is 0 Å². The Morgan fingerprint density at radius 3 is 2.55 bits per heavy atom. The molecule has 0 aliphatic heterocycles. The van der Waals surface area contributed by atoms with E-state index in [0.29, 0.717) is 17.0 Å². The van der Waals surface area contributed by atoms with Crippen molar-refractivity contribution in [3.63, 3.8) is 0 Å². The zero-order valence-electron chi connectivity index (χ0n) is 11.5. The largest absolute Gasteiger partial charge is 0.495 e. The van der Waals surface area contributed by atoms with E-state index in [0.717, 1.165) is 18.4 Å². The molecule has 0 spiro atoms. The maximum Gasteiger partial charge on any atom is 0.193 e. The fourth-order valence-electron chi connectivity index (χ4n) is 2.73. The van der Waals surface area contributed by atoms with Gasteiger partial charge in [-0.15, -0.1) is 0 Å². The molecule has 2 aromatic carbocycles. The number of aryl methyl sites for hydroxylation is 2. The molecule has 0 saturated carbocycles. The number of hydrogen-bond donors (Lipinski definition) is 1. The molecule has 0 unspecified atom stereocenters. The number of carbonyl (C=O) groups excluding carboxylic acids is 1. The number of nitrogen functional groups attached to an aromatic ring is 1. The van der Waals surface area contributed by atoms with Crippen LogP contribution in [0.2, 0.25) is 0 Å². The number of ketones is 1. The van der Waals surface area contributed by atoms with Gasteiger partial charge in [0.25, 0.3) is 0 Å². The number of fused-ring (bicyclic) bond motifs is 1. The van der Waals surface area contributed by atoms with E-state index < -0.39 is 0 Å². The summed E-state index contributed by atoms with van der Waals surface area (Å²) in [5.74, 6) is 0.551. The van der Waals surface area contributed by atoms with Crippen molar-refractivity contribution in [3.8, 4) is 5.75 Å². The Morgan fingerprint density at radius 2 is 1.75 bits per heavy atom. The second-order valence-electron chi connectivity index (χ2n) is 5.12. The van der Waals surface area contributed by atoms with Crippen LogP contribution in [0.15, 0.2) is 36.4 Å². The molecule has 0 atom stereocenters. The lowest BCUT2D eigenvalue weighted by molar-refractivity contribution is 0.103. The topological polar surface area (TPSA) is 52.3 Å². The van der Waals surface area contributed by atoms with Crippen molar-refractivity contribution in [2.45, 2.75) is 19.3 Å². The maximum atomic E-state index is 12.5. The van der Waals surface area contributed by atoms with Gasteiger partial charge in [0.1, 0.15) is 5.75 Å². The molecule has 1 aliphatic rings. The number of hydrogen-bond acceptors (Lipinski definition) is 3. The number of rotatable bonds is 3. The van der Waals surface area contributed by atoms with Crippen LogP contribution in [0.1, 0.15) is 33.5 Å². The first kappa shape index (κ1) is 12.7. The summed E-state index contributed by atoms with van der Waals surface area (Å²) in [5.41, 5.74) is 10.3. The van der Waals surface area contributed by atoms with Gasteiger partial charge in [-0.25, -0.2) is 0 Å². The van der Waals surface area contributed by atoms with Gasteiger partial charge >= 0.3 is 0 Å². The van der Waals surface area contributed by atoms with Gasteiger partial charge in [-0.2, -0.15) is 0 Å². The first-order valence-corrected chi connectivity index (χ1v) is 6.79. The highest BCUT2D eigenvalue weighted by atomic mass is 16.5. The smallest absolute Gasteiger partial charge is 0.193 e. The molecule has 0 bridgehead atoms. The van der Waals surface area contributed by atoms with Gasteiger partial charge in [0.2, 0.25) is 0 Å². The lowest BCUT2D eigenvalue weighted by atomic mass is 9.99. The summed E-state index contributed by atoms with van der Waals surface area (Å²) in [6, 6.07) is 11.2. The van der Waals surface area contributed by atoms with Crippen molar-refractivity contribution in [3.05, 3.63) is 58.7 Å². The Morgan fingerprint density at radius 1 is 1.05 bits per heavy atom. The third kappa shape index (κ3) is 2.16. The third-order valence-corrected chi connectivity index (χ3v) is 3.86. The molecular formula is C17H17NO2. The van der Waals surface area contributed by atoms with Gasteiger partial charge in [0, 0.05) is 11.1 Å². The second-order valence-corrected chi connectivity index (χ2v) is 5.12. The van der Waals surface area contributed by atoms with Crippen LogP contribution in [0, 0.1) is 0 Å². The highest BCUT2D eigenvalue weighted by Crippen LogP contribution is 2.26. The van der Waals surface area contributed by atoms with Crippen molar-refractivity contribution in [1.82, 2.24) is 0 Å². The molecule has 20 heavy (non-hydrogen) atoms. The Labute approximate surface area is 118 Å². The van der Waals surface area contributed by atoms with Gasteiger partial charge in [0.05, 0.1) is 12.8 Å². The summed E-state index contributed by atoms with van der Waals surface area (Å²) in [5, 5.41) is 0. The van der Waals surface area contributed by atoms with E-state index in [1.54, 1.807) is 25.3 Å². The first-order chi connectivity index (χ1) is 9.69. The standard InChI is InChI=1S/C17H17NO2/c1-20-16-10-14(7-8-15(16)18)17(19)13-6-5-11-3-2-4-12(11)9-13/h5-10H,2-4,18H2,1H3. The molecule has 102 valence electrons. The van der Waals surface area contributed by atoms with Crippen LogP contribution in [0.25, 0.3) is 0 Å². The summed E-state index contributed by atoms with van der Waals surface area (Å²) in [6.45, 7) is 0. The monoisotopic (exact) mass is 267 g/mol. The van der Waals surface area contributed by atoms with Crippen LogP contribution in [-0.4, -0.2) is 12.9 Å². The normalized spacial score (nSPS) is 13.1. The zero-order chi connectivity index (χ0) is 14.1. The molecule has 0 radical (unpaired) electrons. The minimum Gasteiger partial charge on any atom is -0.495 e. The number of anilines is 1. The van der Waals surface area contributed by atoms with Crippen LogP contribution < -0.4 is 10.5 Å². The first-order valence-electron chi connectivity index (χ1n) is 6.79. The van der Waals surface area contributed by atoms with E-state index in [1.807, 2.05) is 12.1 Å². The Hall–Kier alpha value is -2.29. The fourth-order valence-corrected chi connectivity index (χ4v) is 2.73. The summed E-state index contributed by atoms with van der Waals surface area (Å²) in [4.78, 5) is 12.5. The van der Waals surface area contributed by atoms with E-state index in [4.69, 9.17) is 10.5 Å². The van der Waals surface area contributed by atoms with Crippen molar-refractivity contribution in [2.75, 3.05) is 12.8 Å². The summed E-state index contributed by atoms with van der Waals surface area (Å²) in [6.07, 6.45) is 3.38. The van der Waals surface area contributed by atoms with Crippen LogP contribution in [-0.2, 0) is 12.8 Å². The Kier molecular flexibility index (Phi) is 3.18. The lowest BCUT2D eigenvalue weighted by Gasteiger charge is -2.08. The summed E-state index contributed by atoms with van der Waals surface area (Å²) in [7, 11) is 1.55. The van der Waals surface area contributed by atoms with Gasteiger partial charge in [-0.05, 0) is 54.7 Å². The predicted octanol–water partition coefficient (Wildman–Crippen LogP) is 3.00. The third-order valence-electron chi connectivity index (χ3n) is 3.86. The van der Waals surface area contributed by atoms with Crippen LogP contribution in [0.3, 0.4) is 0 Å². The van der Waals surface area contributed by atoms with Crippen LogP contribution in [0.5, 0.6) is 5.75 Å². The molecule has 0 heterocycles. The molecule has 3 rings (SSSR count). The van der Waals surface area contributed by atoms with Crippen molar-refractivity contribution in [1.29, 1.82) is 0 Å². The molecule has 0 aromatic heterocycles. The van der Waals surface area contributed by atoms with Crippen molar-refractivity contribution >= 4 is 11.5 Å². The summed E-state index contributed by atoms with van der Waals surface area (Å²) >= 11 is 0. The fraction of sp³-hybridized carbons (Fsp3) is 0.235. The maximum absolute atomic E-state index is 12.5. The second kappa shape index (κ2) is 5.00. The van der Waals surface area contributed by atoms with Gasteiger partial charge in [-0.3, -0.25) is 4.79 Å². The molecule has 0 saturated heterocycles. The van der Waals surface area contributed by atoms with Crippen LogP contribution in [0.4, 0.5) is 5.69 Å². The minimum atomic E-state index is 0.0120. The average Bonchev–Trinajstić information content (AvgIpc) is 2.94. The number of carbonyl (C=O) groups is 1. The molecule has 0 fully saturated rings. The molecule has 0 amide bonds. The van der Waals surface area contributed by atoms with Crippen LogP contribution >= 0.6 is 0 Å². The molecular weight excluding hydrogens is 250 g/mol. The summed E-state index contributed by atoms with van der Waals surface area (Å²) < 4.78 is 5.17. The highest BCUT2D eigenvalue weighted by molar-refractivity contribution is 6.09. The average molecular weight is 267 g/mol. The molecule has 3 heteroatoms. The Balaban J connectivity index is 1.96. The molecule has 1 aliphatic carbocycles. The Bertz CT molecular complexity index is 664. The lowest BCUT2D eigenvalue weighted by Crippen LogP contribution is -2.03. The van der Waals surface area contributed by atoms with Gasteiger partial charge in [0.15, 0.2) is 5.78 Å². The van der Waals surface area contributed by atoms with E-state index in [9.17, 15) is 4.79 Å². The number of benzene rings is 2. The molecule has 2 aromatic rings. The van der Waals surface area contributed by atoms with Crippen molar-refractivity contribution in [2.24, 2.45) is 0 Å². The molecule has 3 nitrogen and oxygen atoms in total. The van der Waals surface area contributed by atoms with E-state index in [-0.39, 0.29) is 5.78 Å².